The third-order valence-electron chi connectivity index (χ3n) is 2.92. The summed E-state index contributed by atoms with van der Waals surface area (Å²) in [5.41, 5.74) is 2.18. The molecule has 0 unspecified atom stereocenters. The van der Waals surface area contributed by atoms with E-state index in [4.69, 9.17) is 0 Å². The van der Waals surface area contributed by atoms with Gasteiger partial charge < -0.3 is 10.4 Å². The molecule has 0 fully saturated rings. The molecule has 4 nitrogen and oxygen atoms in total. The second-order valence-electron chi connectivity index (χ2n) is 4.76. The van der Waals surface area contributed by atoms with Crippen molar-refractivity contribution in [2.24, 2.45) is 0 Å². The summed E-state index contributed by atoms with van der Waals surface area (Å²) in [7, 11) is 0. The Labute approximate surface area is 126 Å². The first-order chi connectivity index (χ1) is 9.47. The third kappa shape index (κ3) is 3.36. The van der Waals surface area contributed by atoms with Crippen molar-refractivity contribution in [2.45, 2.75) is 19.8 Å². The summed E-state index contributed by atoms with van der Waals surface area (Å²) < 4.78 is 0.635. The first kappa shape index (κ1) is 14.5. The zero-order valence-corrected chi connectivity index (χ0v) is 12.8. The molecule has 0 bridgehead atoms. The highest BCUT2D eigenvalue weighted by atomic mass is 79.9. The number of rotatable bonds is 4. The van der Waals surface area contributed by atoms with Crippen molar-refractivity contribution >= 4 is 33.4 Å². The molecule has 0 saturated carbocycles. The number of nitrogens with one attached hydrogen (secondary N) is 1. The van der Waals surface area contributed by atoms with Crippen LogP contribution in [0.25, 0.3) is 0 Å². The van der Waals surface area contributed by atoms with Crippen molar-refractivity contribution in [3.05, 3.63) is 52.1 Å². The zero-order valence-electron chi connectivity index (χ0n) is 11.2. The average molecular weight is 335 g/mol. The van der Waals surface area contributed by atoms with Gasteiger partial charge in [-0.25, -0.2) is 9.78 Å². The summed E-state index contributed by atoms with van der Waals surface area (Å²) in [5.74, 6) is -0.220. The smallest absolute Gasteiger partial charge is 0.339 e. The van der Waals surface area contributed by atoms with Crippen LogP contribution in [-0.4, -0.2) is 16.1 Å². The van der Waals surface area contributed by atoms with Gasteiger partial charge in [0, 0.05) is 16.4 Å². The Morgan fingerprint density at radius 1 is 1.30 bits per heavy atom. The molecule has 0 atom stereocenters. The van der Waals surface area contributed by atoms with E-state index in [2.05, 4.69) is 40.1 Å². The molecule has 0 aliphatic carbocycles. The summed E-state index contributed by atoms with van der Waals surface area (Å²) in [6.45, 7) is 4.25. The van der Waals surface area contributed by atoms with Crippen LogP contribution in [0.5, 0.6) is 0 Å². The summed E-state index contributed by atoms with van der Waals surface area (Å²) in [5, 5.41) is 12.2. The van der Waals surface area contributed by atoms with Crippen molar-refractivity contribution in [3.8, 4) is 0 Å². The molecule has 0 aliphatic rings. The fraction of sp³-hybridized carbons (Fsp3) is 0.200. The van der Waals surface area contributed by atoms with Crippen LogP contribution in [0.3, 0.4) is 0 Å². The maximum atomic E-state index is 11.2. The molecule has 1 heterocycles. The van der Waals surface area contributed by atoms with E-state index < -0.39 is 5.97 Å². The Bertz CT molecular complexity index is 624. The van der Waals surface area contributed by atoms with Crippen molar-refractivity contribution in [1.29, 1.82) is 0 Å². The van der Waals surface area contributed by atoms with Gasteiger partial charge in [0.15, 0.2) is 0 Å². The molecule has 0 saturated heterocycles. The van der Waals surface area contributed by atoms with E-state index in [1.165, 1.54) is 11.6 Å². The largest absolute Gasteiger partial charge is 0.478 e. The number of hydrogen-bond donors (Lipinski definition) is 2. The fourth-order valence-corrected chi connectivity index (χ4v) is 2.12. The number of anilines is 2. The van der Waals surface area contributed by atoms with Gasteiger partial charge >= 0.3 is 5.97 Å². The number of carboxylic acids is 1. The molecule has 2 aromatic rings. The van der Waals surface area contributed by atoms with Crippen LogP contribution in [-0.2, 0) is 0 Å². The van der Waals surface area contributed by atoms with Gasteiger partial charge in [-0.2, -0.15) is 0 Å². The molecule has 1 aromatic carbocycles. The van der Waals surface area contributed by atoms with Crippen LogP contribution in [0.1, 0.15) is 35.7 Å². The van der Waals surface area contributed by atoms with Crippen molar-refractivity contribution in [3.63, 3.8) is 0 Å². The number of carbonyl (C=O) groups is 1. The van der Waals surface area contributed by atoms with E-state index in [9.17, 15) is 9.90 Å². The number of halogens is 1. The Kier molecular flexibility index (Phi) is 4.39. The van der Waals surface area contributed by atoms with Crippen LogP contribution >= 0.6 is 15.9 Å². The van der Waals surface area contributed by atoms with E-state index in [-0.39, 0.29) is 5.56 Å². The summed E-state index contributed by atoms with van der Waals surface area (Å²) in [4.78, 5) is 15.3. The Morgan fingerprint density at radius 2 is 1.95 bits per heavy atom. The third-order valence-corrected chi connectivity index (χ3v) is 3.36. The summed E-state index contributed by atoms with van der Waals surface area (Å²) >= 11 is 3.22. The van der Waals surface area contributed by atoms with Gasteiger partial charge in [-0.15, -0.1) is 0 Å². The van der Waals surface area contributed by atoms with E-state index in [0.29, 0.717) is 16.2 Å². The molecule has 0 aliphatic heterocycles. The molecular formula is C15H15BrN2O2. The van der Waals surface area contributed by atoms with Gasteiger partial charge in [-0.3, -0.25) is 0 Å². The fourth-order valence-electron chi connectivity index (χ4n) is 1.79. The van der Waals surface area contributed by atoms with Gasteiger partial charge in [0.05, 0.1) is 0 Å². The normalized spacial score (nSPS) is 10.6. The number of carboxylic acid groups (broad SMARTS) is 1. The molecule has 2 N–H and O–H groups in total. The van der Waals surface area contributed by atoms with Gasteiger partial charge in [0.1, 0.15) is 11.4 Å². The number of benzene rings is 1. The number of hydrogen-bond acceptors (Lipinski definition) is 3. The van der Waals surface area contributed by atoms with Gasteiger partial charge in [0.25, 0.3) is 0 Å². The molecule has 0 radical (unpaired) electrons. The van der Waals surface area contributed by atoms with Crippen LogP contribution < -0.4 is 5.32 Å². The van der Waals surface area contributed by atoms with Crippen LogP contribution in [0, 0.1) is 0 Å². The second kappa shape index (κ2) is 6.05. The molecule has 104 valence electrons. The van der Waals surface area contributed by atoms with Crippen molar-refractivity contribution < 1.29 is 9.90 Å². The number of nitrogens with zero attached hydrogens (tertiary/aromatic N) is 1. The van der Waals surface area contributed by atoms with E-state index in [1.54, 1.807) is 6.20 Å². The Morgan fingerprint density at radius 3 is 2.50 bits per heavy atom. The minimum absolute atomic E-state index is 0.132. The van der Waals surface area contributed by atoms with Gasteiger partial charge in [-0.05, 0) is 45.6 Å². The molecule has 0 spiro atoms. The first-order valence-corrected chi connectivity index (χ1v) is 7.02. The highest BCUT2D eigenvalue weighted by molar-refractivity contribution is 9.10. The highest BCUT2D eigenvalue weighted by Crippen LogP contribution is 2.23. The number of aromatic carboxylic acids is 1. The zero-order chi connectivity index (χ0) is 14.7. The number of pyridine rings is 1. The lowest BCUT2D eigenvalue weighted by Gasteiger charge is -2.10. The standard InChI is InChI=1S/C15H15BrN2O2/c1-9(2)10-3-5-12(6-4-10)18-14-13(15(19)20)7-11(16)8-17-14/h3-9H,1-2H3,(H,17,18)(H,19,20). The molecule has 1 aromatic heterocycles. The Hall–Kier alpha value is -1.88. The SMILES string of the molecule is CC(C)c1ccc(Nc2ncc(Br)cc2C(=O)O)cc1. The van der Waals surface area contributed by atoms with Crippen LogP contribution in [0.2, 0.25) is 0 Å². The van der Waals surface area contributed by atoms with Gasteiger partial charge in [-0.1, -0.05) is 26.0 Å². The second-order valence-corrected chi connectivity index (χ2v) is 5.67. The maximum absolute atomic E-state index is 11.2. The lowest BCUT2D eigenvalue weighted by atomic mass is 10.0. The van der Waals surface area contributed by atoms with E-state index >= 15 is 0 Å². The lowest BCUT2D eigenvalue weighted by Crippen LogP contribution is -2.05. The maximum Gasteiger partial charge on any atom is 0.339 e. The number of aromatic nitrogens is 1. The van der Waals surface area contributed by atoms with E-state index in [1.807, 2.05) is 24.3 Å². The van der Waals surface area contributed by atoms with E-state index in [0.717, 1.165) is 5.69 Å². The average Bonchev–Trinajstić information content (AvgIpc) is 2.41. The highest BCUT2D eigenvalue weighted by Gasteiger charge is 2.12. The van der Waals surface area contributed by atoms with Gasteiger partial charge in [0.2, 0.25) is 0 Å². The topological polar surface area (TPSA) is 62.2 Å². The summed E-state index contributed by atoms with van der Waals surface area (Å²) in [6.07, 6.45) is 1.57. The lowest BCUT2D eigenvalue weighted by molar-refractivity contribution is 0.0697. The minimum Gasteiger partial charge on any atom is -0.478 e. The predicted molar refractivity (Wildman–Crippen MR) is 82.7 cm³/mol. The molecule has 20 heavy (non-hydrogen) atoms. The van der Waals surface area contributed by atoms with Crippen LogP contribution in [0.15, 0.2) is 41.0 Å². The Balaban J connectivity index is 2.28. The minimum atomic E-state index is -1.01. The molecule has 0 amide bonds. The summed E-state index contributed by atoms with van der Waals surface area (Å²) in [6, 6.07) is 9.41. The molecule has 5 heteroatoms. The van der Waals surface area contributed by atoms with Crippen molar-refractivity contribution in [2.75, 3.05) is 5.32 Å². The monoisotopic (exact) mass is 334 g/mol. The predicted octanol–water partition coefficient (Wildman–Crippen LogP) is 4.41. The molecule has 2 rings (SSSR count). The molecular weight excluding hydrogens is 320 g/mol. The van der Waals surface area contributed by atoms with Crippen LogP contribution in [0.4, 0.5) is 11.5 Å². The van der Waals surface area contributed by atoms with Crippen molar-refractivity contribution in [1.82, 2.24) is 4.98 Å². The quantitative estimate of drug-likeness (QED) is 0.869. The first-order valence-electron chi connectivity index (χ1n) is 6.23.